The van der Waals surface area contributed by atoms with Crippen molar-refractivity contribution in [3.05, 3.63) is 12.2 Å². The third-order valence-electron chi connectivity index (χ3n) is 2.32. The first-order valence-corrected chi connectivity index (χ1v) is 5.68. The van der Waals surface area contributed by atoms with Gasteiger partial charge in [-0.15, -0.1) is 0 Å². The highest BCUT2D eigenvalue weighted by Gasteiger charge is 2.10. The van der Waals surface area contributed by atoms with E-state index in [1.807, 2.05) is 12.2 Å². The molecule has 0 bridgehead atoms. The van der Waals surface area contributed by atoms with Crippen LogP contribution in [0.4, 0.5) is 0 Å². The summed E-state index contributed by atoms with van der Waals surface area (Å²) in [6.45, 7) is 2.12. The Morgan fingerprint density at radius 1 is 1.12 bits per heavy atom. The van der Waals surface area contributed by atoms with E-state index in [-0.39, 0.29) is 18.0 Å². The number of rotatable bonds is 0. The second-order valence-corrected chi connectivity index (χ2v) is 3.86. The smallest absolute Gasteiger partial charge is 0.306 e. The van der Waals surface area contributed by atoms with Crippen LogP contribution in [0.25, 0.3) is 0 Å². The molecule has 0 saturated carbocycles. The lowest BCUT2D eigenvalue weighted by Crippen LogP contribution is -2.17. The molecule has 16 heavy (non-hydrogen) atoms. The summed E-state index contributed by atoms with van der Waals surface area (Å²) >= 11 is 0. The van der Waals surface area contributed by atoms with Crippen LogP contribution in [0.1, 0.15) is 39.0 Å². The number of esters is 2. The molecule has 0 amide bonds. The summed E-state index contributed by atoms with van der Waals surface area (Å²) in [5, 5.41) is 0. The van der Waals surface area contributed by atoms with E-state index in [4.69, 9.17) is 9.47 Å². The molecule has 0 saturated heterocycles. The molecule has 1 atom stereocenters. The lowest BCUT2D eigenvalue weighted by Gasteiger charge is -2.12. The van der Waals surface area contributed by atoms with E-state index < -0.39 is 0 Å². The number of hydrogen-bond acceptors (Lipinski definition) is 4. The summed E-state index contributed by atoms with van der Waals surface area (Å²) in [4.78, 5) is 22.5. The third kappa shape index (κ3) is 5.53. The predicted octanol–water partition coefficient (Wildman–Crippen LogP) is 1.98. The Hall–Kier alpha value is -1.32. The average Bonchev–Trinajstić information content (AvgIpc) is 2.23. The zero-order chi connectivity index (χ0) is 11.8. The van der Waals surface area contributed by atoms with Crippen molar-refractivity contribution in [1.29, 1.82) is 0 Å². The number of cyclic esters (lactones) is 2. The molecule has 0 radical (unpaired) electrons. The van der Waals surface area contributed by atoms with Gasteiger partial charge in [-0.3, -0.25) is 9.59 Å². The zero-order valence-electron chi connectivity index (χ0n) is 9.61. The van der Waals surface area contributed by atoms with E-state index >= 15 is 0 Å². The number of carbonyl (C=O) groups excluding carboxylic acids is 2. The van der Waals surface area contributed by atoms with Crippen LogP contribution >= 0.6 is 0 Å². The molecule has 0 aliphatic carbocycles. The van der Waals surface area contributed by atoms with Gasteiger partial charge in [0.25, 0.3) is 0 Å². The molecule has 1 heterocycles. The van der Waals surface area contributed by atoms with Crippen molar-refractivity contribution < 1.29 is 19.1 Å². The molecule has 1 unspecified atom stereocenters. The lowest BCUT2D eigenvalue weighted by atomic mass is 10.2. The van der Waals surface area contributed by atoms with E-state index in [2.05, 4.69) is 0 Å². The Morgan fingerprint density at radius 3 is 2.44 bits per heavy atom. The van der Waals surface area contributed by atoms with Gasteiger partial charge in [-0.2, -0.15) is 0 Å². The van der Waals surface area contributed by atoms with E-state index in [1.165, 1.54) is 0 Å². The van der Waals surface area contributed by atoms with Crippen molar-refractivity contribution in [2.24, 2.45) is 0 Å². The van der Waals surface area contributed by atoms with Crippen LogP contribution in [-0.4, -0.2) is 24.6 Å². The maximum atomic E-state index is 11.3. The van der Waals surface area contributed by atoms with Gasteiger partial charge in [-0.05, 0) is 19.8 Å². The quantitative estimate of drug-likeness (QED) is 0.468. The minimum Gasteiger partial charge on any atom is -0.466 e. The highest BCUT2D eigenvalue weighted by atomic mass is 16.6. The van der Waals surface area contributed by atoms with E-state index in [0.29, 0.717) is 38.7 Å². The Labute approximate surface area is 95.6 Å². The van der Waals surface area contributed by atoms with Crippen molar-refractivity contribution in [2.45, 2.75) is 45.1 Å². The first-order valence-electron chi connectivity index (χ1n) is 5.68. The molecule has 0 N–H and O–H groups in total. The third-order valence-corrected chi connectivity index (χ3v) is 2.32. The molecule has 0 aromatic carbocycles. The Kier molecular flexibility index (Phi) is 5.61. The highest BCUT2D eigenvalue weighted by Crippen LogP contribution is 2.05. The first-order chi connectivity index (χ1) is 7.68. The molecule has 0 fully saturated rings. The van der Waals surface area contributed by atoms with Gasteiger partial charge in [0.2, 0.25) is 0 Å². The molecule has 1 aliphatic rings. The van der Waals surface area contributed by atoms with Crippen LogP contribution < -0.4 is 0 Å². The maximum absolute atomic E-state index is 11.3. The molecular formula is C12H18O4. The van der Waals surface area contributed by atoms with Gasteiger partial charge in [-0.25, -0.2) is 0 Å². The fraction of sp³-hybridized carbons (Fsp3) is 0.667. The topological polar surface area (TPSA) is 52.6 Å². The average molecular weight is 226 g/mol. The van der Waals surface area contributed by atoms with E-state index in [0.717, 1.165) is 0 Å². The van der Waals surface area contributed by atoms with Crippen LogP contribution in [0.3, 0.4) is 0 Å². The minimum atomic E-state index is -0.192. The second-order valence-electron chi connectivity index (χ2n) is 3.86. The van der Waals surface area contributed by atoms with Gasteiger partial charge in [0.15, 0.2) is 0 Å². The Morgan fingerprint density at radius 2 is 1.75 bits per heavy atom. The maximum Gasteiger partial charge on any atom is 0.306 e. The summed E-state index contributed by atoms with van der Waals surface area (Å²) in [5.41, 5.74) is 0. The predicted molar refractivity (Wildman–Crippen MR) is 58.7 cm³/mol. The van der Waals surface area contributed by atoms with Gasteiger partial charge in [0.1, 0.15) is 6.10 Å². The van der Waals surface area contributed by atoms with Crippen molar-refractivity contribution in [1.82, 2.24) is 0 Å². The largest absolute Gasteiger partial charge is 0.466 e. The molecule has 0 aromatic rings. The van der Waals surface area contributed by atoms with Gasteiger partial charge in [0.05, 0.1) is 6.61 Å². The Bertz CT molecular complexity index is 270. The van der Waals surface area contributed by atoms with E-state index in [9.17, 15) is 9.59 Å². The van der Waals surface area contributed by atoms with Crippen molar-refractivity contribution in [3.63, 3.8) is 0 Å². The highest BCUT2D eigenvalue weighted by molar-refractivity contribution is 5.70. The summed E-state index contributed by atoms with van der Waals surface area (Å²) in [6.07, 6.45) is 6.31. The second kappa shape index (κ2) is 7.04. The molecule has 0 spiro atoms. The lowest BCUT2D eigenvalue weighted by molar-refractivity contribution is -0.150. The zero-order valence-corrected chi connectivity index (χ0v) is 9.61. The summed E-state index contributed by atoms with van der Waals surface area (Å²) in [7, 11) is 0. The monoisotopic (exact) mass is 226 g/mol. The molecule has 1 rings (SSSR count). The van der Waals surface area contributed by atoms with Crippen molar-refractivity contribution in [2.75, 3.05) is 6.61 Å². The van der Waals surface area contributed by atoms with Gasteiger partial charge in [0, 0.05) is 19.3 Å². The fourth-order valence-corrected chi connectivity index (χ4v) is 1.39. The molecular weight excluding hydrogens is 208 g/mol. The number of allylic oxidation sites excluding steroid dienone is 2. The molecule has 4 heteroatoms. The number of carbonyl (C=O) groups is 2. The van der Waals surface area contributed by atoms with E-state index in [1.54, 1.807) is 6.92 Å². The molecule has 0 aromatic heterocycles. The van der Waals surface area contributed by atoms with Gasteiger partial charge >= 0.3 is 11.9 Å². The van der Waals surface area contributed by atoms with Crippen LogP contribution in [0.2, 0.25) is 0 Å². The van der Waals surface area contributed by atoms with Crippen molar-refractivity contribution >= 4 is 11.9 Å². The summed E-state index contributed by atoms with van der Waals surface area (Å²) < 4.78 is 10.1. The number of ether oxygens (including phenoxy) is 2. The van der Waals surface area contributed by atoms with Crippen molar-refractivity contribution in [3.8, 4) is 0 Å². The molecule has 4 nitrogen and oxygen atoms in total. The molecule has 90 valence electrons. The van der Waals surface area contributed by atoms with Crippen LogP contribution in [0.15, 0.2) is 12.2 Å². The summed E-state index contributed by atoms with van der Waals surface area (Å²) in [6, 6.07) is 0. The fourth-order valence-electron chi connectivity index (χ4n) is 1.39. The standard InChI is InChI=1S/C12H18O4/c1-10-8-9-15-11(13)6-4-2-3-5-7-12(14)16-10/h2-3,10H,4-9H2,1H3/b3-2+. The number of hydrogen-bond donors (Lipinski definition) is 0. The minimum absolute atomic E-state index is 0.190. The SMILES string of the molecule is CC1CCOC(=O)CC/C=C/CCC(=O)O1. The molecule has 1 aliphatic heterocycles. The normalized spacial score (nSPS) is 26.7. The van der Waals surface area contributed by atoms with Gasteiger partial charge in [-0.1, -0.05) is 12.2 Å². The van der Waals surface area contributed by atoms with Crippen LogP contribution in [-0.2, 0) is 19.1 Å². The Balaban J connectivity index is 2.44. The summed E-state index contributed by atoms with van der Waals surface area (Å²) in [5.74, 6) is -0.384. The van der Waals surface area contributed by atoms with Crippen LogP contribution in [0.5, 0.6) is 0 Å². The van der Waals surface area contributed by atoms with Gasteiger partial charge < -0.3 is 9.47 Å². The first kappa shape index (κ1) is 12.7. The van der Waals surface area contributed by atoms with Crippen LogP contribution in [0, 0.1) is 0 Å².